The number of nitrogens with one attached hydrogen (secondary N) is 4. The smallest absolute Gasteiger partial charge is 0.335 e. The van der Waals surface area contributed by atoms with Gasteiger partial charge in [0, 0.05) is 38.9 Å². The molecule has 0 saturated carbocycles. The van der Waals surface area contributed by atoms with Gasteiger partial charge in [-0.15, -0.1) is 0 Å². The van der Waals surface area contributed by atoms with E-state index in [0.29, 0.717) is 18.4 Å². The number of carbonyl (C=O) groups excluding carboxylic acids is 2. The monoisotopic (exact) mass is 818 g/mol. The minimum atomic E-state index is -4.14. The van der Waals surface area contributed by atoms with E-state index >= 15 is 0 Å². The van der Waals surface area contributed by atoms with E-state index in [2.05, 4.69) is 15.4 Å². The number of hydrogen-bond donors (Lipinski definition) is 9. The fourth-order valence-electron chi connectivity index (χ4n) is 5.39. The molecular formula is C41H50N6O10S. The van der Waals surface area contributed by atoms with Gasteiger partial charge in [-0.1, -0.05) is 91.0 Å². The summed E-state index contributed by atoms with van der Waals surface area (Å²) in [5.41, 5.74) is 15.5. The number of nitrogen functional groups attached to an aromatic ring is 1. The summed E-state index contributed by atoms with van der Waals surface area (Å²) in [6.45, 7) is 2.59. The van der Waals surface area contributed by atoms with Crippen LogP contribution >= 0.6 is 0 Å². The summed E-state index contributed by atoms with van der Waals surface area (Å²) in [5.74, 6) is -4.64. The van der Waals surface area contributed by atoms with Crippen LogP contribution in [0.4, 0.5) is 0 Å². The number of carboxylic acid groups (broad SMARTS) is 3. The van der Waals surface area contributed by atoms with Crippen LogP contribution in [-0.4, -0.2) is 71.4 Å². The summed E-state index contributed by atoms with van der Waals surface area (Å²) < 4.78 is 29.3. The highest BCUT2D eigenvalue weighted by Crippen LogP contribution is 2.14. The molecule has 0 aliphatic rings. The number of amidine groups is 1. The molecule has 0 unspecified atom stereocenters. The van der Waals surface area contributed by atoms with Gasteiger partial charge < -0.3 is 37.4 Å². The van der Waals surface area contributed by atoms with Crippen molar-refractivity contribution in [3.63, 3.8) is 0 Å². The van der Waals surface area contributed by atoms with Crippen molar-refractivity contribution in [2.75, 3.05) is 0 Å². The van der Waals surface area contributed by atoms with Crippen molar-refractivity contribution >= 4 is 45.6 Å². The van der Waals surface area contributed by atoms with Crippen LogP contribution in [0.5, 0.6) is 0 Å². The molecule has 4 aromatic rings. The minimum absolute atomic E-state index is 0.0581. The third-order valence-corrected chi connectivity index (χ3v) is 9.36. The number of aliphatic carboxylic acids is 2. The van der Waals surface area contributed by atoms with E-state index < -0.39 is 57.6 Å². The molecule has 2 amide bonds. The minimum Gasteiger partial charge on any atom is -0.481 e. The second-order valence-corrected chi connectivity index (χ2v) is 14.7. The molecular weight excluding hydrogens is 769 g/mol. The molecule has 16 nitrogen and oxygen atoms in total. The number of aromatic carboxylic acids is 1. The van der Waals surface area contributed by atoms with Crippen molar-refractivity contribution in [1.29, 1.82) is 5.41 Å². The Labute approximate surface area is 337 Å². The van der Waals surface area contributed by atoms with E-state index in [1.54, 1.807) is 24.3 Å². The molecule has 0 bridgehead atoms. The highest BCUT2D eigenvalue weighted by molar-refractivity contribution is 7.88. The molecule has 58 heavy (non-hydrogen) atoms. The van der Waals surface area contributed by atoms with Gasteiger partial charge in [-0.2, -0.15) is 0 Å². The molecule has 0 heterocycles. The number of nitrogens with two attached hydrogens (primary N) is 2. The number of rotatable bonds is 18. The molecule has 0 radical (unpaired) electrons. The molecule has 4 aromatic carbocycles. The topological polar surface area (TPSA) is 292 Å². The summed E-state index contributed by atoms with van der Waals surface area (Å²) in [7, 11) is -4.14. The summed E-state index contributed by atoms with van der Waals surface area (Å²) in [6, 6.07) is 27.0. The van der Waals surface area contributed by atoms with Crippen LogP contribution in [0.3, 0.4) is 0 Å². The van der Waals surface area contributed by atoms with Crippen LogP contribution in [0.1, 0.15) is 70.4 Å². The van der Waals surface area contributed by atoms with Crippen LogP contribution in [0.25, 0.3) is 0 Å². The van der Waals surface area contributed by atoms with Gasteiger partial charge in [0.25, 0.3) is 11.9 Å². The molecule has 11 N–H and O–H groups in total. The van der Waals surface area contributed by atoms with Gasteiger partial charge >= 0.3 is 5.97 Å². The number of amides is 2. The Balaban J connectivity index is 0.00000132. The molecule has 0 aromatic heterocycles. The lowest BCUT2D eigenvalue weighted by atomic mass is 10.0. The highest BCUT2D eigenvalue weighted by Gasteiger charge is 2.29. The summed E-state index contributed by atoms with van der Waals surface area (Å²) in [6.07, 6.45) is 1.30. The first-order chi connectivity index (χ1) is 27.4. The van der Waals surface area contributed by atoms with E-state index in [-0.39, 0.29) is 42.9 Å². The number of sulfonamides is 1. The first-order valence-electron chi connectivity index (χ1n) is 17.9. The Hall–Kier alpha value is -6.43. The average molecular weight is 819 g/mol. The van der Waals surface area contributed by atoms with Gasteiger partial charge in [0.05, 0.1) is 11.3 Å². The largest absolute Gasteiger partial charge is 0.481 e. The Kier molecular flexibility index (Phi) is 20.0. The van der Waals surface area contributed by atoms with Crippen molar-refractivity contribution < 1.29 is 47.7 Å². The second-order valence-electron chi connectivity index (χ2n) is 13.0. The van der Waals surface area contributed by atoms with Crippen LogP contribution in [0.15, 0.2) is 103 Å². The summed E-state index contributed by atoms with van der Waals surface area (Å²) in [5, 5.41) is 37.4. The van der Waals surface area contributed by atoms with E-state index in [4.69, 9.17) is 36.7 Å². The molecule has 2 atom stereocenters. The average Bonchev–Trinajstić information content (AvgIpc) is 3.16. The summed E-state index contributed by atoms with van der Waals surface area (Å²) >= 11 is 0. The highest BCUT2D eigenvalue weighted by atomic mass is 32.2. The van der Waals surface area contributed by atoms with Crippen LogP contribution < -0.4 is 26.8 Å². The molecule has 0 aliphatic carbocycles. The predicted molar refractivity (Wildman–Crippen MR) is 218 cm³/mol. The standard InChI is InChI=1S/C37H42N6O6S.2C2H4O2/c38-22-28-11-4-10-27(19-28)21-33(35(44)41-23-26-15-17-30(18-16-26)34(39)40)42-36(45)32(14-6-9-25-7-2-1-3-8-25)43-50(48,49)24-29-12-5-13-31(20-29)37(46)47;2*1-2(3)4/h1-5,7-8,10-13,15-20,32-33,43H,6,9,14,21-24,38H2,(H3,39,40)(H,41,44)(H,42,45)(H,46,47);2*1H3,(H,3,4)/t32-,33+;;/m1../s1. The zero-order valence-electron chi connectivity index (χ0n) is 32.2. The Morgan fingerprint density at radius 1 is 0.690 bits per heavy atom. The van der Waals surface area contributed by atoms with Gasteiger partial charge in [0.1, 0.15) is 17.9 Å². The van der Waals surface area contributed by atoms with E-state index in [0.717, 1.165) is 36.1 Å². The number of carbonyl (C=O) groups is 5. The van der Waals surface area contributed by atoms with Gasteiger partial charge in [-0.25, -0.2) is 17.9 Å². The third-order valence-electron chi connectivity index (χ3n) is 8.00. The quantitative estimate of drug-likeness (QED) is 0.0517. The molecule has 0 fully saturated rings. The van der Waals surface area contributed by atoms with Crippen molar-refractivity contribution in [3.05, 3.63) is 142 Å². The first kappa shape index (κ1) is 47.7. The number of benzene rings is 4. The summed E-state index contributed by atoms with van der Waals surface area (Å²) in [4.78, 5) is 57.0. The normalized spacial score (nSPS) is 11.6. The van der Waals surface area contributed by atoms with Crippen LogP contribution in [0, 0.1) is 5.41 Å². The fourth-order valence-corrected chi connectivity index (χ4v) is 6.75. The van der Waals surface area contributed by atoms with Crippen LogP contribution in [0.2, 0.25) is 0 Å². The molecule has 0 spiro atoms. The zero-order chi connectivity index (χ0) is 43.3. The van der Waals surface area contributed by atoms with Gasteiger partial charge in [0.15, 0.2) is 0 Å². The van der Waals surface area contributed by atoms with Gasteiger partial charge in [-0.3, -0.25) is 24.6 Å². The second kappa shape index (κ2) is 24.3. The Morgan fingerprint density at radius 3 is 1.84 bits per heavy atom. The SMILES string of the molecule is CC(=O)O.CC(=O)O.N=C(N)c1ccc(CNC(=O)[C@H](Cc2cccc(CN)c2)NC(=O)[C@@H](CCCc2ccccc2)NS(=O)(=O)Cc2cccc(C(=O)O)c2)cc1. The van der Waals surface area contributed by atoms with Crippen LogP contribution in [-0.2, 0) is 60.9 Å². The maximum absolute atomic E-state index is 13.9. The maximum Gasteiger partial charge on any atom is 0.335 e. The van der Waals surface area contributed by atoms with E-state index in [1.165, 1.54) is 24.3 Å². The molecule has 17 heteroatoms. The lowest BCUT2D eigenvalue weighted by molar-refractivity contribution is -0.135. The molecule has 310 valence electrons. The first-order valence-corrected chi connectivity index (χ1v) is 19.6. The third kappa shape index (κ3) is 18.9. The predicted octanol–water partition coefficient (Wildman–Crippen LogP) is 3.16. The molecule has 0 saturated heterocycles. The van der Waals surface area contributed by atoms with E-state index in [1.807, 2.05) is 54.6 Å². The lowest BCUT2D eigenvalue weighted by Gasteiger charge is -2.24. The van der Waals surface area contributed by atoms with Crippen molar-refractivity contribution in [2.24, 2.45) is 11.5 Å². The van der Waals surface area contributed by atoms with Crippen molar-refractivity contribution in [1.82, 2.24) is 15.4 Å². The number of hydrogen-bond acceptors (Lipinski definition) is 9. The maximum atomic E-state index is 13.9. The Bertz CT molecular complexity index is 2090. The van der Waals surface area contributed by atoms with Gasteiger partial charge in [0.2, 0.25) is 21.8 Å². The lowest BCUT2D eigenvalue weighted by Crippen LogP contribution is -2.54. The number of carboxylic acids is 3. The Morgan fingerprint density at radius 2 is 1.26 bits per heavy atom. The van der Waals surface area contributed by atoms with Gasteiger partial charge in [-0.05, 0) is 59.2 Å². The molecule has 0 aliphatic heterocycles. The van der Waals surface area contributed by atoms with Crippen molar-refractivity contribution in [2.45, 2.75) is 70.5 Å². The van der Waals surface area contributed by atoms with Crippen molar-refractivity contribution in [3.8, 4) is 0 Å². The zero-order valence-corrected chi connectivity index (χ0v) is 33.0. The molecule has 4 rings (SSSR count). The number of aryl methyl sites for hydroxylation is 1. The van der Waals surface area contributed by atoms with E-state index in [9.17, 15) is 27.9 Å². The fraction of sp³-hybridized carbons (Fsp3) is 0.268.